The minimum absolute atomic E-state index is 0.0307. The van der Waals surface area contributed by atoms with Crippen molar-refractivity contribution >= 4 is 24.0 Å². The first-order valence-electron chi connectivity index (χ1n) is 12.0. The van der Waals surface area contributed by atoms with Crippen molar-refractivity contribution in [3.63, 3.8) is 0 Å². The highest BCUT2D eigenvalue weighted by Crippen LogP contribution is 2.29. The van der Waals surface area contributed by atoms with Crippen molar-refractivity contribution in [2.75, 3.05) is 13.2 Å². The summed E-state index contributed by atoms with van der Waals surface area (Å²) in [5, 5.41) is 12.1. The number of rotatable bonds is 12. The summed E-state index contributed by atoms with van der Waals surface area (Å²) in [5.74, 6) is -2.69. The van der Waals surface area contributed by atoms with Crippen molar-refractivity contribution in [2.45, 2.75) is 52.3 Å². The number of amides is 1. The summed E-state index contributed by atoms with van der Waals surface area (Å²) in [5.41, 5.74) is -1.68. The zero-order valence-corrected chi connectivity index (χ0v) is 22.0. The third-order valence-corrected chi connectivity index (χ3v) is 5.57. The number of hydrogen-bond acceptors (Lipinski definition) is 9. The molecule has 0 spiro atoms. The van der Waals surface area contributed by atoms with Crippen LogP contribution in [0, 0.1) is 5.41 Å². The second-order valence-electron chi connectivity index (χ2n) is 9.07. The maximum atomic E-state index is 12.9. The molecule has 3 unspecified atom stereocenters. The minimum Gasteiger partial charge on any atom is -0.458 e. The summed E-state index contributed by atoms with van der Waals surface area (Å²) in [6.45, 7) is 1.92. The molecule has 0 fully saturated rings. The largest absolute Gasteiger partial charge is 0.509 e. The van der Waals surface area contributed by atoms with E-state index < -0.39 is 66.6 Å². The second kappa shape index (κ2) is 14.3. The molecule has 3 atom stereocenters. The summed E-state index contributed by atoms with van der Waals surface area (Å²) in [7, 11) is 0. The molecule has 0 aliphatic rings. The predicted molar refractivity (Wildman–Crippen MR) is 132 cm³/mol. The van der Waals surface area contributed by atoms with Gasteiger partial charge in [0.25, 0.3) is 0 Å². The van der Waals surface area contributed by atoms with Gasteiger partial charge in [0, 0.05) is 6.54 Å². The van der Waals surface area contributed by atoms with Crippen molar-refractivity contribution in [1.29, 1.82) is 0 Å². The van der Waals surface area contributed by atoms with E-state index in [1.54, 1.807) is 30.3 Å². The molecule has 40 heavy (non-hydrogen) atoms. The lowest BCUT2D eigenvalue weighted by atomic mass is 9.91. The Labute approximate surface area is 228 Å². The highest BCUT2D eigenvalue weighted by atomic mass is 19.4. The lowest BCUT2D eigenvalue weighted by molar-refractivity contribution is -0.172. The van der Waals surface area contributed by atoms with Crippen molar-refractivity contribution < 1.29 is 56.4 Å². The van der Waals surface area contributed by atoms with Crippen LogP contribution in [0.5, 0.6) is 0 Å². The van der Waals surface area contributed by atoms with Crippen LogP contribution in [0.25, 0.3) is 0 Å². The molecule has 13 heteroatoms. The van der Waals surface area contributed by atoms with Gasteiger partial charge in [-0.3, -0.25) is 4.79 Å². The summed E-state index contributed by atoms with van der Waals surface area (Å²) in [6.07, 6.45) is -8.71. The standard InChI is InChI=1S/C27H30F3NO9/c1-17(22(33)37-14-19-8-5-4-6-9-19)39-23(34)18(2)40-25(36)38-16-26(3,15-32)24(35)31-13-20-10-7-11-21(12-20)27(28,29)30/h4-12,17-18,32H,13-16H2,1-3H3,(H,31,35). The maximum Gasteiger partial charge on any atom is 0.509 e. The van der Waals surface area contributed by atoms with Crippen LogP contribution >= 0.6 is 0 Å². The third kappa shape index (κ3) is 9.88. The van der Waals surface area contributed by atoms with Gasteiger partial charge in [0.05, 0.1) is 12.2 Å². The van der Waals surface area contributed by atoms with E-state index in [-0.39, 0.29) is 18.7 Å². The lowest BCUT2D eigenvalue weighted by Crippen LogP contribution is -2.45. The first-order chi connectivity index (χ1) is 18.7. The summed E-state index contributed by atoms with van der Waals surface area (Å²) < 4.78 is 58.3. The van der Waals surface area contributed by atoms with Crippen LogP contribution in [0.4, 0.5) is 18.0 Å². The zero-order chi connectivity index (χ0) is 29.9. The zero-order valence-electron chi connectivity index (χ0n) is 22.0. The number of benzene rings is 2. The molecule has 0 aromatic heterocycles. The molecule has 10 nitrogen and oxygen atoms in total. The topological polar surface area (TPSA) is 137 Å². The van der Waals surface area contributed by atoms with Gasteiger partial charge in [-0.15, -0.1) is 0 Å². The highest BCUT2D eigenvalue weighted by molar-refractivity contribution is 5.83. The van der Waals surface area contributed by atoms with Gasteiger partial charge in [0.1, 0.15) is 18.6 Å². The molecule has 1 amide bonds. The van der Waals surface area contributed by atoms with E-state index in [0.717, 1.165) is 17.7 Å². The first kappa shape index (κ1) is 32.1. The van der Waals surface area contributed by atoms with Crippen LogP contribution in [0.3, 0.4) is 0 Å². The number of alkyl halides is 3. The summed E-state index contributed by atoms with van der Waals surface area (Å²) >= 11 is 0. The molecule has 0 saturated heterocycles. The fourth-order valence-electron chi connectivity index (χ4n) is 3.05. The monoisotopic (exact) mass is 569 g/mol. The van der Waals surface area contributed by atoms with Crippen molar-refractivity contribution in [1.82, 2.24) is 5.32 Å². The average molecular weight is 570 g/mol. The van der Waals surface area contributed by atoms with E-state index in [2.05, 4.69) is 5.32 Å². The predicted octanol–water partition coefficient (Wildman–Crippen LogP) is 3.54. The highest BCUT2D eigenvalue weighted by Gasteiger charge is 2.36. The number of aliphatic hydroxyl groups is 1. The number of esters is 2. The smallest absolute Gasteiger partial charge is 0.458 e. The Hall–Kier alpha value is -4.13. The Balaban J connectivity index is 1.80. The number of halogens is 3. The Kier molecular flexibility index (Phi) is 11.5. The Morgan fingerprint density at radius 3 is 2.12 bits per heavy atom. The summed E-state index contributed by atoms with van der Waals surface area (Å²) in [6, 6.07) is 13.1. The van der Waals surface area contributed by atoms with E-state index in [4.69, 9.17) is 18.9 Å². The third-order valence-electron chi connectivity index (χ3n) is 5.57. The Morgan fingerprint density at radius 2 is 1.50 bits per heavy atom. The van der Waals surface area contributed by atoms with Gasteiger partial charge in [0.2, 0.25) is 5.91 Å². The van der Waals surface area contributed by atoms with Gasteiger partial charge in [-0.1, -0.05) is 42.5 Å². The molecule has 0 heterocycles. The summed E-state index contributed by atoms with van der Waals surface area (Å²) in [4.78, 5) is 48.9. The average Bonchev–Trinajstić information content (AvgIpc) is 2.93. The number of nitrogens with one attached hydrogen (secondary N) is 1. The van der Waals surface area contributed by atoms with Crippen LogP contribution < -0.4 is 5.32 Å². The number of ether oxygens (including phenoxy) is 4. The van der Waals surface area contributed by atoms with Gasteiger partial charge < -0.3 is 29.4 Å². The van der Waals surface area contributed by atoms with Crippen molar-refractivity contribution in [3.05, 3.63) is 71.3 Å². The molecular formula is C27H30F3NO9. The molecule has 0 aliphatic heterocycles. The molecule has 0 saturated carbocycles. The normalized spacial score (nSPS) is 14.2. The molecule has 0 radical (unpaired) electrons. The van der Waals surface area contributed by atoms with Gasteiger partial charge >= 0.3 is 24.3 Å². The Bertz CT molecular complexity index is 1170. The molecule has 2 rings (SSSR count). The van der Waals surface area contributed by atoms with Crippen LogP contribution in [-0.4, -0.2) is 54.5 Å². The number of aliphatic hydroxyl groups excluding tert-OH is 1. The minimum atomic E-state index is -4.55. The fraction of sp³-hybridized carbons (Fsp3) is 0.407. The number of carbonyl (C=O) groups excluding carboxylic acids is 4. The van der Waals surface area contributed by atoms with Crippen LogP contribution in [0.1, 0.15) is 37.5 Å². The number of carbonyl (C=O) groups is 4. The molecular weight excluding hydrogens is 539 g/mol. The lowest BCUT2D eigenvalue weighted by Gasteiger charge is -2.25. The maximum absolute atomic E-state index is 12.9. The second-order valence-corrected chi connectivity index (χ2v) is 9.07. The van der Waals surface area contributed by atoms with Gasteiger partial charge in [-0.25, -0.2) is 14.4 Å². The molecule has 0 bridgehead atoms. The van der Waals surface area contributed by atoms with Crippen LogP contribution in [0.15, 0.2) is 54.6 Å². The molecule has 2 aromatic carbocycles. The molecule has 218 valence electrons. The molecule has 2 aromatic rings. The van der Waals surface area contributed by atoms with E-state index in [9.17, 15) is 37.5 Å². The van der Waals surface area contributed by atoms with E-state index in [1.165, 1.54) is 32.9 Å². The number of hydrogen-bond donors (Lipinski definition) is 2. The SMILES string of the molecule is CC(OC(=O)OCC(C)(CO)C(=O)NCc1cccc(C(F)(F)F)c1)C(=O)OC(C)C(=O)OCc1ccccc1. The van der Waals surface area contributed by atoms with Crippen LogP contribution in [-0.2, 0) is 52.7 Å². The van der Waals surface area contributed by atoms with Crippen LogP contribution in [0.2, 0.25) is 0 Å². The van der Waals surface area contributed by atoms with E-state index in [1.807, 2.05) is 0 Å². The van der Waals surface area contributed by atoms with Gasteiger partial charge in [-0.05, 0) is 44.0 Å². The molecule has 2 N–H and O–H groups in total. The van der Waals surface area contributed by atoms with E-state index >= 15 is 0 Å². The van der Waals surface area contributed by atoms with Crippen molar-refractivity contribution in [2.24, 2.45) is 5.41 Å². The first-order valence-corrected chi connectivity index (χ1v) is 12.0. The Morgan fingerprint density at radius 1 is 0.875 bits per heavy atom. The fourth-order valence-corrected chi connectivity index (χ4v) is 3.05. The quantitative estimate of drug-likeness (QED) is 0.290. The van der Waals surface area contributed by atoms with E-state index in [0.29, 0.717) is 0 Å². The van der Waals surface area contributed by atoms with Gasteiger partial charge in [0.15, 0.2) is 12.2 Å². The molecule has 0 aliphatic carbocycles. The van der Waals surface area contributed by atoms with Crippen molar-refractivity contribution in [3.8, 4) is 0 Å². The van der Waals surface area contributed by atoms with Gasteiger partial charge in [-0.2, -0.15) is 13.2 Å².